The Morgan fingerprint density at radius 2 is 1.50 bits per heavy atom. The molecule has 0 aromatic rings. The molecule has 0 saturated heterocycles. The second-order valence-electron chi connectivity index (χ2n) is 3.62. The molecular weight excluding hydrogens is 247 g/mol. The first-order chi connectivity index (χ1) is 4.45. The van der Waals surface area contributed by atoms with Gasteiger partial charge in [0.15, 0.2) is 0 Å². The summed E-state index contributed by atoms with van der Waals surface area (Å²) in [6.45, 7) is 10.9. The molecule has 0 bridgehead atoms. The van der Waals surface area contributed by atoms with Crippen LogP contribution in [-0.2, 0) is 26.2 Å². The van der Waals surface area contributed by atoms with Crippen molar-refractivity contribution in [2.24, 2.45) is 5.41 Å². The Bertz CT molecular complexity index is 224. The third-order valence-corrected chi connectivity index (χ3v) is 2.56. The molecular formula is C10H16ClZr-. The molecule has 12 heavy (non-hydrogen) atoms. The Labute approximate surface area is 101 Å². The molecule has 0 radical (unpaired) electrons. The quantitative estimate of drug-likeness (QED) is 0.586. The molecule has 0 N–H and O–H groups in total. The van der Waals surface area contributed by atoms with Gasteiger partial charge in [0.2, 0.25) is 0 Å². The van der Waals surface area contributed by atoms with E-state index in [1.165, 1.54) is 16.7 Å². The van der Waals surface area contributed by atoms with Gasteiger partial charge in [0, 0.05) is 26.2 Å². The number of hydrogen-bond acceptors (Lipinski definition) is 0. The molecule has 0 aromatic carbocycles. The van der Waals surface area contributed by atoms with Gasteiger partial charge in [0.05, 0.1) is 0 Å². The van der Waals surface area contributed by atoms with Gasteiger partial charge in [-0.05, 0) is 0 Å². The Morgan fingerprint density at radius 1 is 1.08 bits per heavy atom. The van der Waals surface area contributed by atoms with Crippen molar-refractivity contribution in [1.29, 1.82) is 0 Å². The van der Waals surface area contributed by atoms with E-state index in [9.17, 15) is 0 Å². The van der Waals surface area contributed by atoms with Crippen molar-refractivity contribution in [2.75, 3.05) is 0 Å². The van der Waals surface area contributed by atoms with Crippen LogP contribution in [-0.4, -0.2) is 0 Å². The molecule has 0 fully saturated rings. The van der Waals surface area contributed by atoms with E-state index >= 15 is 0 Å². The summed E-state index contributed by atoms with van der Waals surface area (Å²) >= 11 is 0. The van der Waals surface area contributed by atoms with E-state index < -0.39 is 0 Å². The van der Waals surface area contributed by atoms with E-state index in [0.29, 0.717) is 0 Å². The third-order valence-electron chi connectivity index (χ3n) is 2.56. The van der Waals surface area contributed by atoms with Crippen molar-refractivity contribution in [1.82, 2.24) is 0 Å². The third kappa shape index (κ3) is 2.57. The van der Waals surface area contributed by atoms with Crippen molar-refractivity contribution in [3.8, 4) is 0 Å². The van der Waals surface area contributed by atoms with Crippen LogP contribution >= 0.6 is 12.4 Å². The predicted octanol–water partition coefficient (Wildman–Crippen LogP) is 3.53. The fraction of sp³-hybridized carbons (Fsp3) is 0.600. The summed E-state index contributed by atoms with van der Waals surface area (Å²) in [7, 11) is 0. The van der Waals surface area contributed by atoms with Crippen LogP contribution in [0.25, 0.3) is 0 Å². The molecule has 0 aromatic heterocycles. The van der Waals surface area contributed by atoms with Crippen LogP contribution in [0.3, 0.4) is 0 Å². The summed E-state index contributed by atoms with van der Waals surface area (Å²) in [5.41, 5.74) is 4.39. The fourth-order valence-corrected chi connectivity index (χ4v) is 1.41. The van der Waals surface area contributed by atoms with Gasteiger partial charge in [-0.25, -0.2) is 5.57 Å². The summed E-state index contributed by atoms with van der Waals surface area (Å²) in [5, 5.41) is 0. The summed E-state index contributed by atoms with van der Waals surface area (Å²) in [6.07, 6.45) is 3.44. The van der Waals surface area contributed by atoms with Gasteiger partial charge in [-0.1, -0.05) is 33.1 Å². The number of rotatable bonds is 0. The van der Waals surface area contributed by atoms with Gasteiger partial charge < -0.3 is 0 Å². The Balaban J connectivity index is 0. The van der Waals surface area contributed by atoms with Crippen molar-refractivity contribution >= 4 is 12.4 Å². The molecule has 0 heterocycles. The van der Waals surface area contributed by atoms with E-state index in [-0.39, 0.29) is 44.0 Å². The summed E-state index contributed by atoms with van der Waals surface area (Å²) in [6, 6.07) is 0. The topological polar surface area (TPSA) is 0 Å². The summed E-state index contributed by atoms with van der Waals surface area (Å²) < 4.78 is 0. The molecule has 1 rings (SSSR count). The summed E-state index contributed by atoms with van der Waals surface area (Å²) in [4.78, 5) is 0. The SMILES string of the molecule is CC1=[C-]C(C)(C)C(C)=C1C.Cl.[Zr]. The molecule has 0 unspecified atom stereocenters. The van der Waals surface area contributed by atoms with Crippen molar-refractivity contribution in [3.63, 3.8) is 0 Å². The van der Waals surface area contributed by atoms with Gasteiger partial charge in [0.1, 0.15) is 0 Å². The van der Waals surface area contributed by atoms with Crippen LogP contribution in [0.4, 0.5) is 0 Å². The molecule has 0 saturated carbocycles. The average Bonchev–Trinajstić information content (AvgIpc) is 1.95. The van der Waals surface area contributed by atoms with E-state index in [1.807, 2.05) is 0 Å². The monoisotopic (exact) mass is 261 g/mol. The van der Waals surface area contributed by atoms with Crippen LogP contribution in [0, 0.1) is 11.5 Å². The van der Waals surface area contributed by atoms with Crippen molar-refractivity contribution in [2.45, 2.75) is 34.6 Å². The van der Waals surface area contributed by atoms with Gasteiger partial charge in [-0.3, -0.25) is 6.08 Å². The molecule has 0 amide bonds. The standard InChI is InChI=1S/C10H15.ClH.Zr/c1-7-6-10(4,5)9(3)8(7)2;;/h1-5H3;1H;/q-1;;. The van der Waals surface area contributed by atoms with Crippen molar-refractivity contribution < 1.29 is 26.2 Å². The minimum Gasteiger partial charge on any atom is -0.263 e. The van der Waals surface area contributed by atoms with Crippen LogP contribution in [0.1, 0.15) is 34.6 Å². The average molecular weight is 263 g/mol. The maximum atomic E-state index is 3.44. The van der Waals surface area contributed by atoms with Gasteiger partial charge >= 0.3 is 0 Å². The zero-order valence-corrected chi connectivity index (χ0v) is 11.7. The second-order valence-corrected chi connectivity index (χ2v) is 3.62. The Hall–Kier alpha value is 0.653. The minimum absolute atomic E-state index is 0. The zero-order chi connectivity index (χ0) is 7.94. The van der Waals surface area contributed by atoms with Crippen LogP contribution in [0.5, 0.6) is 0 Å². The molecule has 1 aliphatic rings. The Kier molecular flexibility index (Phi) is 6.02. The smallest absolute Gasteiger partial charge is 0 e. The van der Waals surface area contributed by atoms with Crippen LogP contribution in [0.2, 0.25) is 0 Å². The van der Waals surface area contributed by atoms with Gasteiger partial charge in [0.25, 0.3) is 0 Å². The predicted molar refractivity (Wildman–Crippen MR) is 51.8 cm³/mol. The first-order valence-electron chi connectivity index (χ1n) is 3.75. The van der Waals surface area contributed by atoms with Gasteiger partial charge in [-0.2, -0.15) is 11.1 Å². The van der Waals surface area contributed by atoms with E-state index in [4.69, 9.17) is 0 Å². The maximum absolute atomic E-state index is 3.44. The first-order valence-corrected chi connectivity index (χ1v) is 3.75. The molecule has 68 valence electrons. The molecule has 0 spiro atoms. The molecule has 1 aliphatic carbocycles. The van der Waals surface area contributed by atoms with Crippen molar-refractivity contribution in [3.05, 3.63) is 22.8 Å². The fourth-order valence-electron chi connectivity index (χ4n) is 1.41. The molecule has 0 atom stereocenters. The van der Waals surface area contributed by atoms with E-state index in [1.54, 1.807) is 0 Å². The van der Waals surface area contributed by atoms with E-state index in [2.05, 4.69) is 40.7 Å². The zero-order valence-electron chi connectivity index (χ0n) is 8.41. The molecule has 0 aliphatic heterocycles. The van der Waals surface area contributed by atoms with Crippen LogP contribution < -0.4 is 0 Å². The molecule has 0 nitrogen and oxygen atoms in total. The minimum atomic E-state index is 0. The first kappa shape index (κ1) is 15.1. The number of hydrogen-bond donors (Lipinski definition) is 0. The second kappa shape index (κ2) is 4.77. The largest absolute Gasteiger partial charge is 0.263 e. The number of halogens is 1. The number of allylic oxidation sites excluding steroid dienone is 4. The Morgan fingerprint density at radius 3 is 1.58 bits per heavy atom. The van der Waals surface area contributed by atoms with Gasteiger partial charge in [-0.15, -0.1) is 19.3 Å². The maximum Gasteiger partial charge on any atom is 0 e. The normalized spacial score (nSPS) is 19.6. The van der Waals surface area contributed by atoms with Crippen LogP contribution in [0.15, 0.2) is 16.7 Å². The summed E-state index contributed by atoms with van der Waals surface area (Å²) in [5.74, 6) is 0. The molecule has 2 heteroatoms. The van der Waals surface area contributed by atoms with E-state index in [0.717, 1.165) is 0 Å².